The highest BCUT2D eigenvalue weighted by Gasteiger charge is 2.38. The standard InChI is InChI=1S/C28H25FN4O2/c1-28(2)6-8-32-14-20(18-10-16(29)11-21(28)25(18)32)23-22(26(34)31-27(23)35)19-13-33-9-7-30-12-15-4-3-5-17(19)24(15)33/h3-5,10-11,13-14,30H,6-9,12H2,1-2H3,(H,31,34,35). The van der Waals surface area contributed by atoms with E-state index in [2.05, 4.69) is 39.7 Å². The molecule has 35 heavy (non-hydrogen) atoms. The third-order valence-electron chi connectivity index (χ3n) is 7.94. The molecule has 7 heteroatoms. The molecule has 5 heterocycles. The molecule has 0 fully saturated rings. The molecule has 0 saturated heterocycles. The highest BCUT2D eigenvalue weighted by molar-refractivity contribution is 6.50. The molecule has 3 aliphatic rings. The Bertz CT molecular complexity index is 1650. The van der Waals surface area contributed by atoms with Gasteiger partial charge in [0, 0.05) is 60.5 Å². The van der Waals surface area contributed by atoms with Gasteiger partial charge < -0.3 is 14.5 Å². The summed E-state index contributed by atoms with van der Waals surface area (Å²) in [4.78, 5) is 26.5. The van der Waals surface area contributed by atoms with Crippen LogP contribution in [-0.2, 0) is 34.6 Å². The number of amides is 2. The Balaban J connectivity index is 1.55. The number of rotatable bonds is 2. The molecule has 2 aromatic carbocycles. The first-order valence-electron chi connectivity index (χ1n) is 12.1. The van der Waals surface area contributed by atoms with Crippen LogP contribution in [0.25, 0.3) is 33.0 Å². The lowest BCUT2D eigenvalue weighted by Gasteiger charge is -2.31. The summed E-state index contributed by atoms with van der Waals surface area (Å²) in [5.74, 6) is -1.17. The van der Waals surface area contributed by atoms with Crippen molar-refractivity contribution < 1.29 is 14.0 Å². The Morgan fingerprint density at radius 2 is 1.63 bits per heavy atom. The predicted octanol–water partition coefficient (Wildman–Crippen LogP) is 4.09. The van der Waals surface area contributed by atoms with Crippen LogP contribution in [0.2, 0.25) is 0 Å². The first-order valence-corrected chi connectivity index (χ1v) is 12.1. The number of benzene rings is 2. The van der Waals surface area contributed by atoms with Gasteiger partial charge in [-0.3, -0.25) is 14.9 Å². The van der Waals surface area contributed by atoms with Gasteiger partial charge in [0.15, 0.2) is 0 Å². The summed E-state index contributed by atoms with van der Waals surface area (Å²) in [6, 6.07) is 9.20. The number of aryl methyl sites for hydroxylation is 1. The van der Waals surface area contributed by atoms with Crippen LogP contribution in [0.5, 0.6) is 0 Å². The average Bonchev–Trinajstić information content (AvgIpc) is 3.39. The molecule has 0 atom stereocenters. The molecule has 6 nitrogen and oxygen atoms in total. The summed E-state index contributed by atoms with van der Waals surface area (Å²) in [6.45, 7) is 7.37. The zero-order chi connectivity index (χ0) is 24.1. The van der Waals surface area contributed by atoms with Crippen molar-refractivity contribution in [3.05, 3.63) is 70.8 Å². The number of halogens is 1. The lowest BCUT2D eigenvalue weighted by molar-refractivity contribution is -0.122. The number of imide groups is 1. The second kappa shape index (κ2) is 6.92. The minimum Gasteiger partial charge on any atom is -0.347 e. The molecule has 2 aromatic heterocycles. The Hall–Kier alpha value is -3.71. The molecular formula is C28H25FN4O2. The van der Waals surface area contributed by atoms with E-state index in [1.165, 1.54) is 6.07 Å². The summed E-state index contributed by atoms with van der Waals surface area (Å²) in [7, 11) is 0. The van der Waals surface area contributed by atoms with E-state index in [1.54, 1.807) is 6.07 Å². The number of nitrogens with zero attached hydrogens (tertiary/aromatic N) is 2. The van der Waals surface area contributed by atoms with Crippen LogP contribution in [0.15, 0.2) is 42.7 Å². The zero-order valence-corrected chi connectivity index (χ0v) is 19.7. The average molecular weight is 469 g/mol. The first kappa shape index (κ1) is 20.6. The van der Waals surface area contributed by atoms with Crippen molar-refractivity contribution >= 4 is 44.8 Å². The molecule has 0 radical (unpaired) electrons. The zero-order valence-electron chi connectivity index (χ0n) is 19.7. The molecule has 4 aromatic rings. The van der Waals surface area contributed by atoms with E-state index in [4.69, 9.17) is 0 Å². The maximum absolute atomic E-state index is 14.9. The van der Waals surface area contributed by atoms with E-state index in [0.29, 0.717) is 22.1 Å². The van der Waals surface area contributed by atoms with Crippen LogP contribution < -0.4 is 10.6 Å². The molecule has 0 unspecified atom stereocenters. The number of aromatic nitrogens is 2. The van der Waals surface area contributed by atoms with Crippen molar-refractivity contribution in [3.63, 3.8) is 0 Å². The Morgan fingerprint density at radius 1 is 0.914 bits per heavy atom. The minimum absolute atomic E-state index is 0.178. The van der Waals surface area contributed by atoms with Crippen LogP contribution in [0, 0.1) is 5.82 Å². The normalized spacial score (nSPS) is 19.1. The Kier molecular flexibility index (Phi) is 4.08. The summed E-state index contributed by atoms with van der Waals surface area (Å²) >= 11 is 0. The minimum atomic E-state index is -0.431. The van der Waals surface area contributed by atoms with Crippen LogP contribution in [0.3, 0.4) is 0 Å². The van der Waals surface area contributed by atoms with Gasteiger partial charge in [0.2, 0.25) is 0 Å². The lowest BCUT2D eigenvalue weighted by atomic mass is 9.78. The van der Waals surface area contributed by atoms with Gasteiger partial charge in [-0.1, -0.05) is 32.0 Å². The molecule has 2 N–H and O–H groups in total. The van der Waals surface area contributed by atoms with Crippen LogP contribution >= 0.6 is 0 Å². The molecule has 0 saturated carbocycles. The van der Waals surface area contributed by atoms with E-state index in [1.807, 2.05) is 24.5 Å². The fourth-order valence-electron chi connectivity index (χ4n) is 6.18. The topological polar surface area (TPSA) is 68.1 Å². The molecule has 2 amide bonds. The van der Waals surface area contributed by atoms with Gasteiger partial charge >= 0.3 is 0 Å². The smallest absolute Gasteiger partial charge is 0.259 e. The maximum Gasteiger partial charge on any atom is 0.259 e. The number of hydrogen-bond donors (Lipinski definition) is 2. The summed E-state index contributed by atoms with van der Waals surface area (Å²) in [5.41, 5.74) is 6.01. The lowest BCUT2D eigenvalue weighted by Crippen LogP contribution is -2.25. The quantitative estimate of drug-likeness (QED) is 0.436. The number of carbonyl (C=O) groups excluding carboxylic acids is 2. The molecule has 7 rings (SSSR count). The van der Waals surface area contributed by atoms with Gasteiger partial charge in [0.25, 0.3) is 11.8 Å². The van der Waals surface area contributed by atoms with Gasteiger partial charge in [0.05, 0.1) is 22.2 Å². The SMILES string of the molecule is CC1(C)CCn2cc(C3=C(c4cn5c6c(cccc46)CNCC5)C(=O)NC3=O)c3cc(F)cc1c32. The summed E-state index contributed by atoms with van der Waals surface area (Å²) in [6.07, 6.45) is 4.78. The van der Waals surface area contributed by atoms with Gasteiger partial charge in [-0.25, -0.2) is 4.39 Å². The number of nitrogens with one attached hydrogen (secondary N) is 2. The van der Waals surface area contributed by atoms with E-state index in [0.717, 1.165) is 65.7 Å². The van der Waals surface area contributed by atoms with Gasteiger partial charge in [0.1, 0.15) is 5.82 Å². The van der Waals surface area contributed by atoms with Crippen molar-refractivity contribution in [3.8, 4) is 0 Å². The van der Waals surface area contributed by atoms with Crippen molar-refractivity contribution in [2.45, 2.75) is 45.3 Å². The number of carbonyl (C=O) groups is 2. The summed E-state index contributed by atoms with van der Waals surface area (Å²) < 4.78 is 19.1. The fraction of sp³-hybridized carbons (Fsp3) is 0.286. The number of hydrogen-bond acceptors (Lipinski definition) is 3. The highest BCUT2D eigenvalue weighted by atomic mass is 19.1. The molecular weight excluding hydrogens is 443 g/mol. The number of para-hydroxylation sites is 1. The third kappa shape index (κ3) is 2.79. The van der Waals surface area contributed by atoms with Gasteiger partial charge in [-0.2, -0.15) is 0 Å². The van der Waals surface area contributed by atoms with Crippen LogP contribution in [0.1, 0.15) is 42.5 Å². The van der Waals surface area contributed by atoms with Gasteiger partial charge in [-0.15, -0.1) is 0 Å². The van der Waals surface area contributed by atoms with E-state index in [9.17, 15) is 14.0 Å². The van der Waals surface area contributed by atoms with E-state index >= 15 is 0 Å². The Labute approximate surface area is 201 Å². The summed E-state index contributed by atoms with van der Waals surface area (Å²) in [5, 5.41) is 7.58. The molecule has 0 aliphatic carbocycles. The molecule has 0 bridgehead atoms. The van der Waals surface area contributed by atoms with E-state index < -0.39 is 11.8 Å². The van der Waals surface area contributed by atoms with Crippen molar-refractivity contribution in [2.75, 3.05) is 6.54 Å². The van der Waals surface area contributed by atoms with Gasteiger partial charge in [-0.05, 0) is 35.1 Å². The van der Waals surface area contributed by atoms with Crippen LogP contribution in [-0.4, -0.2) is 27.5 Å². The monoisotopic (exact) mass is 468 g/mol. The first-order chi connectivity index (χ1) is 16.8. The predicted molar refractivity (Wildman–Crippen MR) is 133 cm³/mol. The van der Waals surface area contributed by atoms with Crippen LogP contribution in [0.4, 0.5) is 4.39 Å². The Morgan fingerprint density at radius 3 is 2.40 bits per heavy atom. The molecule has 176 valence electrons. The van der Waals surface area contributed by atoms with E-state index in [-0.39, 0.29) is 11.2 Å². The third-order valence-corrected chi connectivity index (χ3v) is 7.94. The maximum atomic E-state index is 14.9. The second-order valence-electron chi connectivity index (χ2n) is 10.5. The van der Waals surface area contributed by atoms with Crippen molar-refractivity contribution in [1.82, 2.24) is 19.8 Å². The molecule has 3 aliphatic heterocycles. The largest absolute Gasteiger partial charge is 0.347 e. The molecule has 0 spiro atoms. The van der Waals surface area contributed by atoms with Crippen molar-refractivity contribution in [2.24, 2.45) is 0 Å². The fourth-order valence-corrected chi connectivity index (χ4v) is 6.18. The highest BCUT2D eigenvalue weighted by Crippen LogP contribution is 2.44. The second-order valence-corrected chi connectivity index (χ2v) is 10.5. The van der Waals surface area contributed by atoms with Crippen molar-refractivity contribution in [1.29, 1.82) is 0 Å².